The molecular formula is C16H20F3NO2. The van der Waals surface area contributed by atoms with Crippen LogP contribution >= 0.6 is 0 Å². The molecule has 0 radical (unpaired) electrons. The molecule has 1 aromatic rings. The summed E-state index contributed by atoms with van der Waals surface area (Å²) in [5, 5.41) is 0. The van der Waals surface area contributed by atoms with E-state index in [-0.39, 0.29) is 5.97 Å². The van der Waals surface area contributed by atoms with Gasteiger partial charge < -0.3 is 9.64 Å². The zero-order chi connectivity index (χ0) is 16.5. The quantitative estimate of drug-likeness (QED) is 0.772. The fourth-order valence-corrected chi connectivity index (χ4v) is 2.53. The predicted molar refractivity (Wildman–Crippen MR) is 77.7 cm³/mol. The van der Waals surface area contributed by atoms with Gasteiger partial charge in [-0.3, -0.25) is 0 Å². The van der Waals surface area contributed by atoms with Crippen LogP contribution in [0.5, 0.6) is 0 Å². The Kier molecular flexibility index (Phi) is 4.40. The van der Waals surface area contributed by atoms with Crippen molar-refractivity contribution in [2.45, 2.75) is 51.4 Å². The normalized spacial score (nSPS) is 19.4. The van der Waals surface area contributed by atoms with Crippen molar-refractivity contribution < 1.29 is 22.7 Å². The number of rotatable bonds is 2. The van der Waals surface area contributed by atoms with Crippen LogP contribution < -0.4 is 4.90 Å². The molecule has 0 aliphatic carbocycles. The van der Waals surface area contributed by atoms with Gasteiger partial charge in [0.15, 0.2) is 0 Å². The van der Waals surface area contributed by atoms with E-state index in [1.165, 1.54) is 12.1 Å². The molecule has 0 amide bonds. The Hall–Kier alpha value is -1.72. The first-order chi connectivity index (χ1) is 10.1. The second-order valence-corrected chi connectivity index (χ2v) is 6.43. The van der Waals surface area contributed by atoms with Crippen molar-refractivity contribution in [3.8, 4) is 0 Å². The number of carbonyl (C=O) groups is 1. The van der Waals surface area contributed by atoms with Crippen LogP contribution in [0, 0.1) is 0 Å². The van der Waals surface area contributed by atoms with Gasteiger partial charge in [-0.15, -0.1) is 0 Å². The van der Waals surface area contributed by atoms with Crippen molar-refractivity contribution in [1.82, 2.24) is 0 Å². The topological polar surface area (TPSA) is 29.5 Å². The highest BCUT2D eigenvalue weighted by molar-refractivity contribution is 5.81. The zero-order valence-electron chi connectivity index (χ0n) is 12.9. The van der Waals surface area contributed by atoms with E-state index in [9.17, 15) is 18.0 Å². The van der Waals surface area contributed by atoms with Gasteiger partial charge in [-0.2, -0.15) is 13.2 Å². The molecule has 6 heteroatoms. The maximum atomic E-state index is 12.6. The number of alkyl halides is 3. The van der Waals surface area contributed by atoms with E-state index in [2.05, 4.69) is 0 Å². The maximum Gasteiger partial charge on any atom is 0.416 e. The molecule has 1 atom stereocenters. The number of carbonyl (C=O) groups excluding carboxylic acids is 1. The van der Waals surface area contributed by atoms with Crippen molar-refractivity contribution in [3.63, 3.8) is 0 Å². The third-order valence-electron chi connectivity index (χ3n) is 3.46. The molecule has 0 aromatic heterocycles. The fourth-order valence-electron chi connectivity index (χ4n) is 2.53. The predicted octanol–water partition coefficient (Wildman–Crippen LogP) is 4.02. The van der Waals surface area contributed by atoms with Crippen molar-refractivity contribution in [1.29, 1.82) is 0 Å². The van der Waals surface area contributed by atoms with Crippen LogP contribution in [0.25, 0.3) is 0 Å². The molecular weight excluding hydrogens is 295 g/mol. The molecule has 122 valence electrons. The van der Waals surface area contributed by atoms with Gasteiger partial charge in [0, 0.05) is 12.2 Å². The summed E-state index contributed by atoms with van der Waals surface area (Å²) in [5.41, 5.74) is -0.656. The van der Waals surface area contributed by atoms with Crippen LogP contribution in [0.15, 0.2) is 24.3 Å². The van der Waals surface area contributed by atoms with Gasteiger partial charge in [0.2, 0.25) is 0 Å². The average molecular weight is 315 g/mol. The van der Waals surface area contributed by atoms with E-state index in [0.717, 1.165) is 18.6 Å². The molecule has 1 heterocycles. The van der Waals surface area contributed by atoms with Crippen LogP contribution in [-0.2, 0) is 15.7 Å². The lowest BCUT2D eigenvalue weighted by Gasteiger charge is -2.29. The average Bonchev–Trinajstić information content (AvgIpc) is 2.85. The summed E-state index contributed by atoms with van der Waals surface area (Å²) in [6.45, 7) is 6.02. The van der Waals surface area contributed by atoms with Crippen molar-refractivity contribution in [2.24, 2.45) is 0 Å². The monoisotopic (exact) mass is 315 g/mol. The Morgan fingerprint density at radius 3 is 2.27 bits per heavy atom. The lowest BCUT2D eigenvalue weighted by atomic mass is 10.1. The van der Waals surface area contributed by atoms with Gasteiger partial charge in [0.1, 0.15) is 11.6 Å². The number of benzene rings is 1. The Morgan fingerprint density at radius 1 is 1.18 bits per heavy atom. The van der Waals surface area contributed by atoms with Gasteiger partial charge in [0.05, 0.1) is 5.56 Å². The van der Waals surface area contributed by atoms with Crippen molar-refractivity contribution >= 4 is 11.7 Å². The lowest BCUT2D eigenvalue weighted by molar-refractivity contribution is -0.156. The van der Waals surface area contributed by atoms with E-state index in [0.29, 0.717) is 18.7 Å². The summed E-state index contributed by atoms with van der Waals surface area (Å²) in [6, 6.07) is 4.47. The standard InChI is InChI=1S/C16H20F3NO2/c1-15(2,3)22-14(21)13-5-4-10-20(13)12-8-6-11(7-9-12)16(17,18)19/h6-9,13H,4-5,10H2,1-3H3/t13-/m1/s1. The molecule has 0 N–H and O–H groups in total. The highest BCUT2D eigenvalue weighted by atomic mass is 19.4. The van der Waals surface area contributed by atoms with Gasteiger partial charge in [0.25, 0.3) is 0 Å². The first kappa shape index (κ1) is 16.6. The second kappa shape index (κ2) is 5.82. The third kappa shape index (κ3) is 3.93. The van der Waals surface area contributed by atoms with Crippen molar-refractivity contribution in [3.05, 3.63) is 29.8 Å². The molecule has 0 unspecified atom stereocenters. The summed E-state index contributed by atoms with van der Waals surface area (Å²) in [4.78, 5) is 14.0. The highest BCUT2D eigenvalue weighted by Crippen LogP contribution is 2.32. The zero-order valence-corrected chi connectivity index (χ0v) is 12.9. The minimum Gasteiger partial charge on any atom is -0.458 e. The van der Waals surface area contributed by atoms with E-state index in [4.69, 9.17) is 4.74 Å². The van der Waals surface area contributed by atoms with Crippen LogP contribution in [0.2, 0.25) is 0 Å². The van der Waals surface area contributed by atoms with E-state index in [1.807, 2.05) is 4.90 Å². The molecule has 1 aliphatic rings. The third-order valence-corrected chi connectivity index (χ3v) is 3.46. The van der Waals surface area contributed by atoms with Gasteiger partial charge >= 0.3 is 12.1 Å². The largest absolute Gasteiger partial charge is 0.458 e. The summed E-state index contributed by atoms with van der Waals surface area (Å²) in [5.74, 6) is -0.329. The van der Waals surface area contributed by atoms with Crippen LogP contribution in [0.3, 0.4) is 0 Å². The minimum absolute atomic E-state index is 0.329. The van der Waals surface area contributed by atoms with E-state index >= 15 is 0 Å². The molecule has 1 fully saturated rings. The van der Waals surface area contributed by atoms with Crippen molar-refractivity contribution in [2.75, 3.05) is 11.4 Å². The number of halogens is 3. The van der Waals surface area contributed by atoms with Gasteiger partial charge in [-0.05, 0) is 57.9 Å². The number of hydrogen-bond donors (Lipinski definition) is 0. The molecule has 3 nitrogen and oxygen atoms in total. The van der Waals surface area contributed by atoms with E-state index in [1.54, 1.807) is 20.8 Å². The van der Waals surface area contributed by atoms with Gasteiger partial charge in [-0.1, -0.05) is 0 Å². The van der Waals surface area contributed by atoms with Crippen LogP contribution in [-0.4, -0.2) is 24.2 Å². The molecule has 0 bridgehead atoms. The Bertz CT molecular complexity index is 532. The molecule has 1 aliphatic heterocycles. The number of esters is 1. The lowest BCUT2D eigenvalue weighted by Crippen LogP contribution is -2.40. The molecule has 0 spiro atoms. The first-order valence-corrected chi connectivity index (χ1v) is 7.25. The van der Waals surface area contributed by atoms with Crippen LogP contribution in [0.1, 0.15) is 39.2 Å². The Labute approximate surface area is 128 Å². The maximum absolute atomic E-state index is 12.6. The molecule has 2 rings (SSSR count). The summed E-state index contributed by atoms with van der Waals surface area (Å²) in [6.07, 6.45) is -2.89. The number of nitrogens with zero attached hydrogens (tertiary/aromatic N) is 1. The highest BCUT2D eigenvalue weighted by Gasteiger charge is 2.35. The molecule has 1 aromatic carbocycles. The van der Waals surface area contributed by atoms with E-state index < -0.39 is 23.4 Å². The number of ether oxygens (including phenoxy) is 1. The number of hydrogen-bond acceptors (Lipinski definition) is 3. The minimum atomic E-state index is -4.35. The summed E-state index contributed by atoms with van der Waals surface area (Å²) < 4.78 is 43.2. The second-order valence-electron chi connectivity index (χ2n) is 6.43. The molecule has 22 heavy (non-hydrogen) atoms. The summed E-state index contributed by atoms with van der Waals surface area (Å²) >= 11 is 0. The van der Waals surface area contributed by atoms with Gasteiger partial charge in [-0.25, -0.2) is 4.79 Å². The smallest absolute Gasteiger partial charge is 0.416 e. The van der Waals surface area contributed by atoms with Crippen LogP contribution in [0.4, 0.5) is 18.9 Å². The number of anilines is 1. The fraction of sp³-hybridized carbons (Fsp3) is 0.562. The first-order valence-electron chi connectivity index (χ1n) is 7.25. The molecule has 0 saturated carbocycles. The molecule has 1 saturated heterocycles. The SMILES string of the molecule is CC(C)(C)OC(=O)[C@H]1CCCN1c1ccc(C(F)(F)F)cc1. The Balaban J connectivity index is 2.15. The Morgan fingerprint density at radius 2 is 1.77 bits per heavy atom. The summed E-state index contributed by atoms with van der Waals surface area (Å²) in [7, 11) is 0.